The predicted octanol–water partition coefficient (Wildman–Crippen LogP) is 3.99. The molecule has 0 aliphatic carbocycles. The van der Waals surface area contributed by atoms with Crippen LogP contribution in [0.2, 0.25) is 0 Å². The zero-order valence-electron chi connectivity index (χ0n) is 16.1. The fourth-order valence-corrected chi connectivity index (χ4v) is 5.43. The van der Waals surface area contributed by atoms with Crippen LogP contribution in [0.5, 0.6) is 11.5 Å². The number of ketones is 1. The molecule has 30 heavy (non-hydrogen) atoms. The molecule has 2 heterocycles. The van der Waals surface area contributed by atoms with Gasteiger partial charge in [-0.25, -0.2) is 4.79 Å². The van der Waals surface area contributed by atoms with Gasteiger partial charge < -0.3 is 14.6 Å². The van der Waals surface area contributed by atoms with Crippen LogP contribution in [0.3, 0.4) is 0 Å². The maximum atomic E-state index is 12.9. The van der Waals surface area contributed by atoms with Crippen LogP contribution in [0, 0.1) is 8.98 Å². The first-order valence-electron chi connectivity index (χ1n) is 8.99. The number of allylic oxidation sites excluding steroid dienone is 1. The lowest BCUT2D eigenvalue weighted by molar-refractivity contribution is -0.139. The molecule has 3 rings (SSSR count). The summed E-state index contributed by atoms with van der Waals surface area (Å²) >= 11 is 4.51. The number of thioether (sulfide) groups is 1. The van der Waals surface area contributed by atoms with Gasteiger partial charge in [-0.3, -0.25) is 10.2 Å². The van der Waals surface area contributed by atoms with Crippen molar-refractivity contribution in [1.29, 1.82) is 5.41 Å². The summed E-state index contributed by atoms with van der Waals surface area (Å²) in [4.78, 5) is 24.2. The third kappa shape index (κ3) is 5.01. The van der Waals surface area contributed by atoms with E-state index in [-0.39, 0.29) is 10.8 Å². The van der Waals surface area contributed by atoms with Crippen molar-refractivity contribution in [2.24, 2.45) is 0 Å². The Bertz CT molecular complexity index is 1040. The molecule has 1 saturated heterocycles. The van der Waals surface area contributed by atoms with Crippen molar-refractivity contribution in [2.75, 3.05) is 13.2 Å². The van der Waals surface area contributed by atoms with Crippen LogP contribution in [0.25, 0.3) is 6.08 Å². The van der Waals surface area contributed by atoms with Crippen molar-refractivity contribution in [2.45, 2.75) is 26.2 Å². The molecule has 0 unspecified atom stereocenters. The largest absolute Gasteiger partial charge is 0.490 e. The molecule has 1 fully saturated rings. The minimum Gasteiger partial charge on any atom is -0.490 e. The molecule has 0 amide bonds. The lowest BCUT2D eigenvalue weighted by atomic mass is 10.1. The van der Waals surface area contributed by atoms with Crippen LogP contribution < -0.4 is 9.47 Å². The minimum absolute atomic E-state index is 0.178. The van der Waals surface area contributed by atoms with Crippen molar-refractivity contribution in [3.05, 3.63) is 36.2 Å². The number of hydrogen-bond acceptors (Lipinski definition) is 9. The van der Waals surface area contributed by atoms with E-state index >= 15 is 0 Å². The number of rotatable bonds is 8. The van der Waals surface area contributed by atoms with Crippen LogP contribution in [0.4, 0.5) is 0 Å². The van der Waals surface area contributed by atoms with Gasteiger partial charge in [-0.15, -0.1) is 21.5 Å². The number of carboxylic acids is 1. The van der Waals surface area contributed by atoms with Crippen molar-refractivity contribution in [1.82, 2.24) is 10.2 Å². The lowest BCUT2D eigenvalue weighted by Gasteiger charge is -2.13. The van der Waals surface area contributed by atoms with E-state index in [4.69, 9.17) is 20.0 Å². The van der Waals surface area contributed by atoms with Gasteiger partial charge in [0.25, 0.3) is 0 Å². The second-order valence-electron chi connectivity index (χ2n) is 6.11. The fourth-order valence-electron chi connectivity index (χ4n) is 2.70. The van der Waals surface area contributed by atoms with Crippen molar-refractivity contribution >= 4 is 68.6 Å². The first-order chi connectivity index (χ1) is 14.3. The van der Waals surface area contributed by atoms with E-state index in [1.54, 1.807) is 18.2 Å². The van der Waals surface area contributed by atoms with Gasteiger partial charge in [0.15, 0.2) is 23.9 Å². The molecule has 0 bridgehead atoms. The quantitative estimate of drug-likeness (QED) is 0.368. The van der Waals surface area contributed by atoms with Gasteiger partial charge in [0, 0.05) is 0 Å². The Hall–Kier alpha value is -1.99. The van der Waals surface area contributed by atoms with E-state index in [1.165, 1.54) is 11.3 Å². The molecule has 1 aromatic heterocycles. The van der Waals surface area contributed by atoms with Gasteiger partial charge in [-0.05, 0) is 59.7 Å². The zero-order chi connectivity index (χ0) is 21.8. The molecule has 0 radical (unpaired) electrons. The van der Waals surface area contributed by atoms with E-state index in [0.29, 0.717) is 37.2 Å². The van der Waals surface area contributed by atoms with Gasteiger partial charge in [-0.1, -0.05) is 18.7 Å². The smallest absolute Gasteiger partial charge is 0.341 e. The summed E-state index contributed by atoms with van der Waals surface area (Å²) in [5.41, 5.74) is 0.696. The molecule has 1 aromatic carbocycles. The highest BCUT2D eigenvalue weighted by molar-refractivity contribution is 14.1. The van der Waals surface area contributed by atoms with Crippen molar-refractivity contribution in [3.63, 3.8) is 0 Å². The van der Waals surface area contributed by atoms with Crippen LogP contribution in [-0.2, 0) is 16.0 Å². The Morgan fingerprint density at radius 3 is 2.73 bits per heavy atom. The number of aryl methyl sites for hydroxylation is 1. The number of aliphatic carboxylic acids is 1. The second-order valence-corrected chi connectivity index (χ2v) is 9.44. The fraction of sp³-hybridized carbons (Fsp3) is 0.316. The molecule has 1 aliphatic heterocycles. The van der Waals surface area contributed by atoms with Gasteiger partial charge in [0.2, 0.25) is 0 Å². The average Bonchev–Trinajstić information content (AvgIpc) is 3.25. The average molecular weight is 559 g/mol. The minimum atomic E-state index is -1.08. The third-order valence-electron chi connectivity index (χ3n) is 3.99. The van der Waals surface area contributed by atoms with E-state index in [0.717, 1.165) is 23.2 Å². The summed E-state index contributed by atoms with van der Waals surface area (Å²) in [5.74, 6) is -1.22. The number of carboxylic acid groups (broad SMARTS) is 1. The summed E-state index contributed by atoms with van der Waals surface area (Å²) < 4.78 is 11.6. The molecular weight excluding hydrogens is 541 g/mol. The maximum Gasteiger partial charge on any atom is 0.341 e. The first-order valence-corrected chi connectivity index (χ1v) is 11.7. The van der Waals surface area contributed by atoms with Gasteiger partial charge in [0.05, 0.1) is 20.1 Å². The molecule has 0 spiro atoms. The number of hydrogen-bond donors (Lipinski definition) is 2. The molecule has 1 atom stereocenters. The van der Waals surface area contributed by atoms with Crippen LogP contribution in [-0.4, -0.2) is 45.3 Å². The molecule has 158 valence electrons. The molecule has 1 aliphatic rings. The number of carbonyl (C=O) groups is 2. The van der Waals surface area contributed by atoms with Crippen molar-refractivity contribution in [3.8, 4) is 11.5 Å². The molecule has 0 saturated carbocycles. The standard InChI is InChI=1S/C19H18IN3O5S2/c1-3-13-22-23-19(30-13)15-16(26)12(29-18(15)21)7-9-5-10(20)17(28-8-14(24)25)11(6-9)27-4-2/h5-7,15,21H,3-4,8H2,1-2H3,(H,24,25)/b12-7-,21-18?/t15-/m1/s1. The SMILES string of the molecule is CCOc1cc(/C=C2\SC(=N)[C@H](c3nnc(CC)s3)C2=O)cc(I)c1OCC(=O)O. The van der Waals surface area contributed by atoms with Gasteiger partial charge in [0.1, 0.15) is 15.9 Å². The topological polar surface area (TPSA) is 122 Å². The highest BCUT2D eigenvalue weighted by atomic mass is 127. The number of Topliss-reactive ketones (excluding diaryl/α,β-unsaturated/α-hetero) is 1. The van der Waals surface area contributed by atoms with Crippen molar-refractivity contribution < 1.29 is 24.2 Å². The molecule has 2 N–H and O–H groups in total. The number of aromatic nitrogens is 2. The zero-order valence-corrected chi connectivity index (χ0v) is 19.9. The van der Waals surface area contributed by atoms with Crippen LogP contribution in [0.1, 0.15) is 35.3 Å². The monoisotopic (exact) mass is 559 g/mol. The number of halogens is 1. The third-order valence-corrected chi connectivity index (χ3v) is 6.92. The Balaban J connectivity index is 1.91. The number of ether oxygens (including phenoxy) is 2. The number of benzene rings is 1. The lowest BCUT2D eigenvalue weighted by Crippen LogP contribution is -2.11. The van der Waals surface area contributed by atoms with E-state index < -0.39 is 18.5 Å². The summed E-state index contributed by atoms with van der Waals surface area (Å²) in [6.07, 6.45) is 2.44. The van der Waals surface area contributed by atoms with Gasteiger partial charge in [-0.2, -0.15) is 0 Å². The Morgan fingerprint density at radius 1 is 1.33 bits per heavy atom. The Morgan fingerprint density at radius 2 is 2.10 bits per heavy atom. The molecule has 11 heteroatoms. The molecular formula is C19H18IN3O5S2. The number of carbonyl (C=O) groups excluding carboxylic acids is 1. The summed E-state index contributed by atoms with van der Waals surface area (Å²) in [6, 6.07) is 3.47. The highest BCUT2D eigenvalue weighted by Crippen LogP contribution is 2.42. The number of nitrogens with one attached hydrogen (secondary N) is 1. The maximum absolute atomic E-state index is 12.9. The normalized spacial score (nSPS) is 17.6. The predicted molar refractivity (Wildman–Crippen MR) is 124 cm³/mol. The number of nitrogens with zero attached hydrogens (tertiary/aromatic N) is 2. The Kier molecular flexibility index (Phi) is 7.47. The molecule has 8 nitrogen and oxygen atoms in total. The summed E-state index contributed by atoms with van der Waals surface area (Å²) in [5, 5.41) is 26.9. The highest BCUT2D eigenvalue weighted by Gasteiger charge is 2.39. The van der Waals surface area contributed by atoms with E-state index in [9.17, 15) is 9.59 Å². The first kappa shape index (κ1) is 22.7. The second kappa shape index (κ2) is 9.88. The van der Waals surface area contributed by atoms with E-state index in [1.807, 2.05) is 36.4 Å². The van der Waals surface area contributed by atoms with E-state index in [2.05, 4.69) is 10.2 Å². The van der Waals surface area contributed by atoms with Crippen LogP contribution >= 0.6 is 45.7 Å². The Labute approximate surface area is 194 Å². The van der Waals surface area contributed by atoms with Crippen LogP contribution in [0.15, 0.2) is 17.0 Å². The summed E-state index contributed by atoms with van der Waals surface area (Å²) in [7, 11) is 0. The molecule has 2 aromatic rings. The van der Waals surface area contributed by atoms with Gasteiger partial charge >= 0.3 is 5.97 Å². The summed E-state index contributed by atoms with van der Waals surface area (Å²) in [6.45, 7) is 3.67.